The Balaban J connectivity index is 1.54. The highest BCUT2D eigenvalue weighted by Crippen LogP contribution is 2.27. The number of pyridine rings is 1. The van der Waals surface area contributed by atoms with Gasteiger partial charge in [-0.2, -0.15) is 0 Å². The summed E-state index contributed by atoms with van der Waals surface area (Å²) in [4.78, 5) is 21.8. The molecule has 25 heavy (non-hydrogen) atoms. The van der Waals surface area contributed by atoms with Crippen molar-refractivity contribution in [2.45, 2.75) is 19.8 Å². The van der Waals surface area contributed by atoms with Gasteiger partial charge in [-0.15, -0.1) is 11.3 Å². The standard InChI is InChI=1S/C19H18ClN3OS/c1-13-17(25-19(23-13)15-3-2-9-21-12-15)11-18(24)22-10-8-14-4-6-16(20)7-5-14/h2-7,9,12H,8,10-11H2,1H3,(H,22,24). The molecule has 3 rings (SSSR count). The van der Waals surface area contributed by atoms with Crippen molar-refractivity contribution in [1.82, 2.24) is 15.3 Å². The molecule has 0 bridgehead atoms. The molecule has 128 valence electrons. The monoisotopic (exact) mass is 371 g/mol. The van der Waals surface area contributed by atoms with Gasteiger partial charge in [0.2, 0.25) is 5.91 Å². The van der Waals surface area contributed by atoms with Crippen molar-refractivity contribution in [2.24, 2.45) is 0 Å². The van der Waals surface area contributed by atoms with E-state index < -0.39 is 0 Å². The topological polar surface area (TPSA) is 54.9 Å². The molecule has 0 atom stereocenters. The Morgan fingerprint density at radius 1 is 1.24 bits per heavy atom. The maximum atomic E-state index is 12.2. The van der Waals surface area contributed by atoms with Crippen molar-refractivity contribution < 1.29 is 4.79 Å². The molecule has 0 saturated carbocycles. The van der Waals surface area contributed by atoms with Crippen LogP contribution in [0.5, 0.6) is 0 Å². The molecule has 2 aromatic heterocycles. The maximum absolute atomic E-state index is 12.2. The number of aromatic nitrogens is 2. The lowest BCUT2D eigenvalue weighted by atomic mass is 10.1. The van der Waals surface area contributed by atoms with Gasteiger partial charge in [0, 0.05) is 34.4 Å². The van der Waals surface area contributed by atoms with Crippen LogP contribution in [0.3, 0.4) is 0 Å². The minimum Gasteiger partial charge on any atom is -0.355 e. The van der Waals surface area contributed by atoms with Crippen molar-refractivity contribution in [1.29, 1.82) is 0 Å². The molecule has 0 spiro atoms. The molecule has 1 N–H and O–H groups in total. The van der Waals surface area contributed by atoms with Crippen LogP contribution in [0.4, 0.5) is 0 Å². The highest BCUT2D eigenvalue weighted by molar-refractivity contribution is 7.15. The Kier molecular flexibility index (Phi) is 5.79. The number of carbonyl (C=O) groups is 1. The van der Waals surface area contributed by atoms with Gasteiger partial charge in [-0.1, -0.05) is 23.7 Å². The summed E-state index contributed by atoms with van der Waals surface area (Å²) in [5.41, 5.74) is 3.03. The number of rotatable bonds is 6. The highest BCUT2D eigenvalue weighted by Gasteiger charge is 2.12. The van der Waals surface area contributed by atoms with Crippen molar-refractivity contribution in [3.8, 4) is 10.6 Å². The van der Waals surface area contributed by atoms with Crippen molar-refractivity contribution in [3.05, 3.63) is 69.9 Å². The minimum atomic E-state index is 0.0125. The Hall–Kier alpha value is -2.24. The SMILES string of the molecule is Cc1nc(-c2cccnc2)sc1CC(=O)NCCc1ccc(Cl)cc1. The molecule has 0 fully saturated rings. The molecule has 0 aliphatic carbocycles. The van der Waals surface area contributed by atoms with Crippen LogP contribution in [0.2, 0.25) is 5.02 Å². The third kappa shape index (κ3) is 4.87. The molecule has 3 aromatic rings. The van der Waals surface area contributed by atoms with E-state index in [0.29, 0.717) is 13.0 Å². The summed E-state index contributed by atoms with van der Waals surface area (Å²) in [6, 6.07) is 11.5. The van der Waals surface area contributed by atoms with E-state index in [1.807, 2.05) is 43.3 Å². The van der Waals surface area contributed by atoms with Crippen LogP contribution < -0.4 is 5.32 Å². The van der Waals surface area contributed by atoms with Crippen LogP contribution in [0.25, 0.3) is 10.6 Å². The Bertz CT molecular complexity index is 847. The number of aryl methyl sites for hydroxylation is 1. The van der Waals surface area contributed by atoms with Crippen LogP contribution in [0, 0.1) is 6.92 Å². The fourth-order valence-electron chi connectivity index (χ4n) is 2.41. The second-order valence-corrected chi connectivity index (χ2v) is 7.19. The first kappa shape index (κ1) is 17.6. The summed E-state index contributed by atoms with van der Waals surface area (Å²) in [5, 5.41) is 4.58. The number of halogens is 1. The summed E-state index contributed by atoms with van der Waals surface area (Å²) in [7, 11) is 0. The number of nitrogens with one attached hydrogen (secondary N) is 1. The van der Waals surface area contributed by atoms with Crippen LogP contribution in [0.15, 0.2) is 48.8 Å². The number of hydrogen-bond donors (Lipinski definition) is 1. The number of nitrogens with zero attached hydrogens (tertiary/aromatic N) is 2. The zero-order valence-electron chi connectivity index (χ0n) is 13.8. The van der Waals surface area contributed by atoms with Gasteiger partial charge in [0.15, 0.2) is 0 Å². The Labute approximate surface area is 155 Å². The van der Waals surface area contributed by atoms with E-state index >= 15 is 0 Å². The average molecular weight is 372 g/mol. The number of carbonyl (C=O) groups excluding carboxylic acids is 1. The van der Waals surface area contributed by atoms with E-state index in [1.165, 1.54) is 0 Å². The minimum absolute atomic E-state index is 0.0125. The third-order valence-electron chi connectivity index (χ3n) is 3.77. The number of hydrogen-bond acceptors (Lipinski definition) is 4. The van der Waals surface area contributed by atoms with Crippen LogP contribution in [-0.2, 0) is 17.6 Å². The second-order valence-electron chi connectivity index (χ2n) is 5.67. The van der Waals surface area contributed by atoms with Crippen molar-refractivity contribution in [2.75, 3.05) is 6.54 Å². The van der Waals surface area contributed by atoms with Crippen molar-refractivity contribution in [3.63, 3.8) is 0 Å². The second kappa shape index (κ2) is 8.23. The van der Waals surface area contributed by atoms with Crippen LogP contribution >= 0.6 is 22.9 Å². The summed E-state index contributed by atoms with van der Waals surface area (Å²) < 4.78 is 0. The summed E-state index contributed by atoms with van der Waals surface area (Å²) in [5.74, 6) is 0.0125. The van der Waals surface area contributed by atoms with Crippen LogP contribution in [0.1, 0.15) is 16.1 Å². The zero-order valence-corrected chi connectivity index (χ0v) is 15.4. The lowest BCUT2D eigenvalue weighted by Crippen LogP contribution is -2.27. The fraction of sp³-hybridized carbons (Fsp3) is 0.211. The Morgan fingerprint density at radius 2 is 2.04 bits per heavy atom. The first-order valence-corrected chi connectivity index (χ1v) is 9.19. The predicted molar refractivity (Wildman–Crippen MR) is 102 cm³/mol. The van der Waals surface area contributed by atoms with E-state index in [9.17, 15) is 4.79 Å². The van der Waals surface area contributed by atoms with E-state index in [0.717, 1.165) is 38.1 Å². The zero-order chi connectivity index (χ0) is 17.6. The summed E-state index contributed by atoms with van der Waals surface area (Å²) >= 11 is 7.41. The maximum Gasteiger partial charge on any atom is 0.225 e. The van der Waals surface area contributed by atoms with Gasteiger partial charge in [-0.3, -0.25) is 9.78 Å². The normalized spacial score (nSPS) is 10.6. The number of thiazole rings is 1. The number of benzene rings is 1. The molecule has 1 amide bonds. The lowest BCUT2D eigenvalue weighted by Gasteiger charge is -2.05. The van der Waals surface area contributed by atoms with Crippen molar-refractivity contribution >= 4 is 28.8 Å². The smallest absolute Gasteiger partial charge is 0.225 e. The molecular formula is C19H18ClN3OS. The summed E-state index contributed by atoms with van der Waals surface area (Å²) in [6.45, 7) is 2.54. The first-order valence-electron chi connectivity index (χ1n) is 7.99. The quantitative estimate of drug-likeness (QED) is 0.710. The van der Waals surface area contributed by atoms with E-state index in [2.05, 4.69) is 15.3 Å². The molecule has 0 saturated heterocycles. The van der Waals surface area contributed by atoms with Gasteiger partial charge >= 0.3 is 0 Å². The van der Waals surface area contributed by atoms with Gasteiger partial charge in [0.05, 0.1) is 12.1 Å². The molecule has 4 nitrogen and oxygen atoms in total. The van der Waals surface area contributed by atoms with Gasteiger partial charge < -0.3 is 5.32 Å². The molecule has 2 heterocycles. The lowest BCUT2D eigenvalue weighted by molar-refractivity contribution is -0.120. The first-order chi connectivity index (χ1) is 12.1. The van der Waals surface area contributed by atoms with E-state index in [1.54, 1.807) is 23.7 Å². The van der Waals surface area contributed by atoms with Gasteiger partial charge in [-0.25, -0.2) is 4.98 Å². The third-order valence-corrected chi connectivity index (χ3v) is 5.23. The average Bonchev–Trinajstić information content (AvgIpc) is 2.98. The largest absolute Gasteiger partial charge is 0.355 e. The molecule has 6 heteroatoms. The molecule has 1 aromatic carbocycles. The van der Waals surface area contributed by atoms with E-state index in [-0.39, 0.29) is 5.91 Å². The van der Waals surface area contributed by atoms with Gasteiger partial charge in [-0.05, 0) is 43.2 Å². The van der Waals surface area contributed by atoms with Gasteiger partial charge in [0.25, 0.3) is 0 Å². The predicted octanol–water partition coefficient (Wildman–Crippen LogP) is 4.07. The summed E-state index contributed by atoms with van der Waals surface area (Å²) in [6.07, 6.45) is 4.66. The molecule has 0 aliphatic rings. The molecule has 0 aliphatic heterocycles. The van der Waals surface area contributed by atoms with Gasteiger partial charge in [0.1, 0.15) is 5.01 Å². The molecule has 0 radical (unpaired) electrons. The van der Waals surface area contributed by atoms with E-state index in [4.69, 9.17) is 11.6 Å². The fourth-order valence-corrected chi connectivity index (χ4v) is 3.59. The molecule has 0 unspecified atom stereocenters. The Morgan fingerprint density at radius 3 is 2.76 bits per heavy atom. The highest BCUT2D eigenvalue weighted by atomic mass is 35.5. The van der Waals surface area contributed by atoms with Crippen LogP contribution in [-0.4, -0.2) is 22.4 Å². The number of amides is 1. The molecular weight excluding hydrogens is 354 g/mol.